The molecule has 0 unspecified atom stereocenters. The van der Waals surface area contributed by atoms with Crippen LogP contribution in [0.4, 0.5) is 5.69 Å². The van der Waals surface area contributed by atoms with E-state index in [4.69, 9.17) is 16.3 Å². The summed E-state index contributed by atoms with van der Waals surface area (Å²) in [6, 6.07) is 22.5. The first-order chi connectivity index (χ1) is 19.1. The van der Waals surface area contributed by atoms with E-state index in [1.54, 1.807) is 36.4 Å². The van der Waals surface area contributed by atoms with Crippen molar-refractivity contribution in [3.8, 4) is 11.4 Å². The Balaban J connectivity index is 1.56. The third-order valence-corrected chi connectivity index (χ3v) is 8.28. The van der Waals surface area contributed by atoms with E-state index >= 15 is 0 Å². The molecule has 0 saturated carbocycles. The minimum absolute atomic E-state index is 0.0803. The first-order valence-electron chi connectivity index (χ1n) is 12.7. The lowest BCUT2D eigenvalue weighted by atomic mass is 10.2. The summed E-state index contributed by atoms with van der Waals surface area (Å²) in [5, 5.41) is 4.74. The van der Waals surface area contributed by atoms with Gasteiger partial charge in [-0.3, -0.25) is 9.10 Å². The highest BCUT2D eigenvalue weighted by molar-refractivity contribution is 7.92. The second-order valence-electron chi connectivity index (χ2n) is 9.19. The topological polar surface area (TPSA) is 93.0 Å². The number of aryl methyl sites for hydroxylation is 2. The molecule has 0 atom stereocenters. The summed E-state index contributed by atoms with van der Waals surface area (Å²) in [4.78, 5) is 13.0. The first-order valence-corrected chi connectivity index (χ1v) is 14.5. The molecule has 1 N–H and O–H groups in total. The van der Waals surface area contributed by atoms with Gasteiger partial charge < -0.3 is 9.30 Å². The van der Waals surface area contributed by atoms with Crippen molar-refractivity contribution in [1.29, 1.82) is 0 Å². The Bertz CT molecular complexity index is 1630. The fraction of sp³-hybridized carbons (Fsp3) is 0.200. The molecule has 0 spiro atoms. The SMILES string of the molecule is CCOc1ccc(N(CC(=O)N/N=C/c2cc(C)n(-c3cccc(Cl)c3)c2C)S(=O)(=O)c2ccc(C)cc2)cc1. The Labute approximate surface area is 239 Å². The van der Waals surface area contributed by atoms with E-state index in [0.29, 0.717) is 23.1 Å². The number of benzene rings is 3. The Morgan fingerprint density at radius 1 is 1.02 bits per heavy atom. The van der Waals surface area contributed by atoms with Crippen molar-refractivity contribution in [1.82, 2.24) is 9.99 Å². The van der Waals surface area contributed by atoms with E-state index in [1.165, 1.54) is 18.3 Å². The highest BCUT2D eigenvalue weighted by Gasteiger charge is 2.27. The number of hydrogen-bond acceptors (Lipinski definition) is 5. The van der Waals surface area contributed by atoms with E-state index < -0.39 is 22.5 Å². The van der Waals surface area contributed by atoms with Crippen molar-refractivity contribution in [2.45, 2.75) is 32.6 Å². The molecule has 0 aliphatic rings. The molecule has 0 aliphatic carbocycles. The molecule has 0 bridgehead atoms. The van der Waals surface area contributed by atoms with Crippen LogP contribution in [0.15, 0.2) is 88.9 Å². The van der Waals surface area contributed by atoms with Crippen molar-refractivity contribution in [3.05, 3.63) is 106 Å². The van der Waals surface area contributed by atoms with Crippen LogP contribution in [-0.4, -0.2) is 38.3 Å². The lowest BCUT2D eigenvalue weighted by Gasteiger charge is -2.24. The van der Waals surface area contributed by atoms with E-state index in [-0.39, 0.29) is 4.90 Å². The van der Waals surface area contributed by atoms with Crippen molar-refractivity contribution in [2.24, 2.45) is 5.10 Å². The summed E-state index contributed by atoms with van der Waals surface area (Å²) in [5.74, 6) is 0.00725. The molecular formula is C30H31ClN4O4S. The number of sulfonamides is 1. The number of rotatable bonds is 10. The zero-order valence-electron chi connectivity index (χ0n) is 22.8. The fourth-order valence-corrected chi connectivity index (χ4v) is 5.90. The number of hydrazone groups is 1. The largest absolute Gasteiger partial charge is 0.494 e. The Morgan fingerprint density at radius 2 is 1.73 bits per heavy atom. The smallest absolute Gasteiger partial charge is 0.264 e. The average molecular weight is 579 g/mol. The number of ether oxygens (including phenoxy) is 1. The van der Waals surface area contributed by atoms with Gasteiger partial charge >= 0.3 is 0 Å². The van der Waals surface area contributed by atoms with Crippen LogP contribution in [0.25, 0.3) is 5.69 Å². The molecule has 4 rings (SSSR count). The molecule has 4 aromatic rings. The summed E-state index contributed by atoms with van der Waals surface area (Å²) >= 11 is 6.17. The monoisotopic (exact) mass is 578 g/mol. The number of halogens is 1. The lowest BCUT2D eigenvalue weighted by Crippen LogP contribution is -2.39. The fourth-order valence-electron chi connectivity index (χ4n) is 4.30. The quantitative estimate of drug-likeness (QED) is 0.190. The third-order valence-electron chi connectivity index (χ3n) is 6.26. The Morgan fingerprint density at radius 3 is 2.38 bits per heavy atom. The average Bonchev–Trinajstić information content (AvgIpc) is 3.20. The summed E-state index contributed by atoms with van der Waals surface area (Å²) in [7, 11) is -4.05. The van der Waals surface area contributed by atoms with Crippen LogP contribution in [0.5, 0.6) is 5.75 Å². The van der Waals surface area contributed by atoms with Gasteiger partial charge in [-0.2, -0.15) is 5.10 Å². The van der Waals surface area contributed by atoms with Gasteiger partial charge in [0, 0.05) is 27.7 Å². The zero-order chi connectivity index (χ0) is 28.9. The van der Waals surface area contributed by atoms with Crippen molar-refractivity contribution in [3.63, 3.8) is 0 Å². The number of aromatic nitrogens is 1. The minimum atomic E-state index is -4.05. The molecule has 3 aromatic carbocycles. The molecule has 1 aromatic heterocycles. The molecule has 1 heterocycles. The molecule has 10 heteroatoms. The van der Waals surface area contributed by atoms with Crippen LogP contribution >= 0.6 is 11.6 Å². The van der Waals surface area contributed by atoms with Gasteiger partial charge in [0.05, 0.1) is 23.4 Å². The number of amides is 1. The molecule has 1 amide bonds. The molecule has 0 saturated heterocycles. The second kappa shape index (κ2) is 12.4. The summed E-state index contributed by atoms with van der Waals surface area (Å²) < 4.78 is 35.8. The number of anilines is 1. The number of hydrogen-bond donors (Lipinski definition) is 1. The number of carbonyl (C=O) groups is 1. The predicted octanol–water partition coefficient (Wildman–Crippen LogP) is 5.80. The van der Waals surface area contributed by atoms with E-state index in [2.05, 4.69) is 10.5 Å². The van der Waals surface area contributed by atoms with Crippen molar-refractivity contribution in [2.75, 3.05) is 17.5 Å². The van der Waals surface area contributed by atoms with Gasteiger partial charge in [0.1, 0.15) is 12.3 Å². The van der Waals surface area contributed by atoms with E-state index in [9.17, 15) is 13.2 Å². The van der Waals surface area contributed by atoms with Gasteiger partial charge in [-0.25, -0.2) is 13.8 Å². The molecule has 40 heavy (non-hydrogen) atoms. The minimum Gasteiger partial charge on any atom is -0.494 e. The Kier molecular flexibility index (Phi) is 8.96. The third kappa shape index (κ3) is 6.55. The molecular weight excluding hydrogens is 548 g/mol. The van der Waals surface area contributed by atoms with Gasteiger partial charge in [0.2, 0.25) is 0 Å². The summed E-state index contributed by atoms with van der Waals surface area (Å²) in [6.07, 6.45) is 1.54. The highest BCUT2D eigenvalue weighted by Crippen LogP contribution is 2.26. The van der Waals surface area contributed by atoms with Crippen molar-refractivity contribution >= 4 is 39.4 Å². The van der Waals surface area contributed by atoms with Gasteiger partial charge in [-0.1, -0.05) is 35.4 Å². The van der Waals surface area contributed by atoms with Crippen LogP contribution in [-0.2, 0) is 14.8 Å². The molecule has 208 valence electrons. The van der Waals surface area contributed by atoms with Crippen LogP contribution in [0.3, 0.4) is 0 Å². The van der Waals surface area contributed by atoms with Crippen LogP contribution in [0, 0.1) is 20.8 Å². The number of carbonyl (C=O) groups excluding carboxylic acids is 1. The number of nitrogens with zero attached hydrogens (tertiary/aromatic N) is 3. The molecule has 0 aliphatic heterocycles. The highest BCUT2D eigenvalue weighted by atomic mass is 35.5. The molecule has 8 nitrogen and oxygen atoms in total. The lowest BCUT2D eigenvalue weighted by molar-refractivity contribution is -0.119. The summed E-state index contributed by atoms with van der Waals surface area (Å²) in [5.41, 5.74) is 7.32. The normalized spacial score (nSPS) is 11.5. The van der Waals surface area contributed by atoms with Crippen molar-refractivity contribution < 1.29 is 17.9 Å². The second-order valence-corrected chi connectivity index (χ2v) is 11.5. The van der Waals surface area contributed by atoms with Crippen LogP contribution in [0.1, 0.15) is 29.4 Å². The van der Waals surface area contributed by atoms with Gasteiger partial charge in [-0.05, 0) is 88.4 Å². The van der Waals surface area contributed by atoms with Gasteiger partial charge in [0.25, 0.3) is 15.9 Å². The van der Waals surface area contributed by atoms with Crippen LogP contribution in [0.2, 0.25) is 5.02 Å². The maximum atomic E-state index is 13.6. The maximum absolute atomic E-state index is 13.6. The Hall–Kier alpha value is -4.08. The summed E-state index contributed by atoms with van der Waals surface area (Å²) in [6.45, 7) is 7.66. The van der Waals surface area contributed by atoms with Gasteiger partial charge in [0.15, 0.2) is 0 Å². The molecule has 0 radical (unpaired) electrons. The predicted molar refractivity (Wildman–Crippen MR) is 159 cm³/mol. The molecule has 0 fully saturated rings. The van der Waals surface area contributed by atoms with Crippen LogP contribution < -0.4 is 14.5 Å². The van der Waals surface area contributed by atoms with E-state index in [0.717, 1.165) is 32.5 Å². The zero-order valence-corrected chi connectivity index (χ0v) is 24.3. The standard InChI is InChI=1S/C30H31ClN4O4S/c1-5-39-28-13-11-26(12-14-28)34(40(37,38)29-15-9-21(2)10-16-29)20-30(36)33-32-19-24-17-22(3)35(23(24)4)27-8-6-7-25(31)18-27/h6-19H,5,20H2,1-4H3,(H,33,36)/b32-19+. The van der Waals surface area contributed by atoms with E-state index in [1.807, 2.05) is 62.6 Å². The maximum Gasteiger partial charge on any atom is 0.264 e. The number of nitrogens with one attached hydrogen (secondary N) is 1. The first kappa shape index (κ1) is 28.9. The van der Waals surface area contributed by atoms with Gasteiger partial charge in [-0.15, -0.1) is 0 Å².